The predicted molar refractivity (Wildman–Crippen MR) is 90.0 cm³/mol. The van der Waals surface area contributed by atoms with E-state index >= 15 is 0 Å². The number of benzene rings is 1. The van der Waals surface area contributed by atoms with E-state index in [1.54, 1.807) is 26.2 Å². The van der Waals surface area contributed by atoms with Crippen molar-refractivity contribution in [3.05, 3.63) is 50.6 Å². The third-order valence-corrected chi connectivity index (χ3v) is 4.76. The molecule has 0 saturated heterocycles. The van der Waals surface area contributed by atoms with E-state index in [0.717, 1.165) is 15.8 Å². The van der Waals surface area contributed by atoms with Crippen molar-refractivity contribution in [1.82, 2.24) is 14.3 Å². The molecule has 0 saturated carbocycles. The molecule has 2 aromatic heterocycles. The van der Waals surface area contributed by atoms with Crippen molar-refractivity contribution < 1.29 is 9.72 Å². The second-order valence-corrected chi connectivity index (χ2v) is 6.26. The lowest BCUT2D eigenvalue weighted by Gasteiger charge is -2.01. The Labute approximate surface area is 140 Å². The molecule has 0 radical (unpaired) electrons. The summed E-state index contributed by atoms with van der Waals surface area (Å²) in [5, 5.41) is 15.0. The third kappa shape index (κ3) is 2.62. The Morgan fingerprint density at radius 1 is 1.46 bits per heavy atom. The maximum Gasteiger partial charge on any atom is 0.298 e. The standard InChI is InChI=1S/C15H15N5O3S/c1-4-19-11-6-5-10(20(22)23)7-12(11)24-15(19)17-14(21)13-9(2)8-16-18(13)3/h5-8H,4H2,1-3H3. The molecule has 8 nitrogen and oxygen atoms in total. The van der Waals surface area contributed by atoms with Crippen LogP contribution in [0, 0.1) is 17.0 Å². The summed E-state index contributed by atoms with van der Waals surface area (Å²) in [5.74, 6) is -0.379. The van der Waals surface area contributed by atoms with E-state index in [2.05, 4.69) is 10.1 Å². The number of fused-ring (bicyclic) bond motifs is 1. The highest BCUT2D eigenvalue weighted by Gasteiger charge is 2.15. The fourth-order valence-electron chi connectivity index (χ4n) is 2.56. The van der Waals surface area contributed by atoms with Gasteiger partial charge >= 0.3 is 0 Å². The van der Waals surface area contributed by atoms with Crippen molar-refractivity contribution in [1.29, 1.82) is 0 Å². The molecule has 0 aliphatic heterocycles. The Bertz CT molecular complexity index is 1010. The molecule has 0 bridgehead atoms. The number of rotatable bonds is 3. The van der Waals surface area contributed by atoms with Crippen molar-refractivity contribution in [3.63, 3.8) is 0 Å². The van der Waals surface area contributed by atoms with Gasteiger partial charge in [-0.15, -0.1) is 0 Å². The number of hydrogen-bond donors (Lipinski definition) is 0. The van der Waals surface area contributed by atoms with Gasteiger partial charge in [-0.2, -0.15) is 10.1 Å². The van der Waals surface area contributed by atoms with Gasteiger partial charge in [0.25, 0.3) is 11.6 Å². The van der Waals surface area contributed by atoms with E-state index in [1.165, 1.54) is 28.2 Å². The second-order valence-electron chi connectivity index (χ2n) is 5.25. The largest absolute Gasteiger partial charge is 0.317 e. The first kappa shape index (κ1) is 16.1. The first-order chi connectivity index (χ1) is 11.4. The zero-order valence-corrected chi connectivity index (χ0v) is 14.2. The van der Waals surface area contributed by atoms with Crippen LogP contribution in [-0.2, 0) is 13.6 Å². The van der Waals surface area contributed by atoms with Gasteiger partial charge in [0.15, 0.2) is 4.80 Å². The third-order valence-electron chi connectivity index (χ3n) is 3.71. The smallest absolute Gasteiger partial charge is 0.298 e. The predicted octanol–water partition coefficient (Wildman–Crippen LogP) is 2.41. The molecule has 0 fully saturated rings. The van der Waals surface area contributed by atoms with Crippen LogP contribution in [0.25, 0.3) is 10.2 Å². The van der Waals surface area contributed by atoms with Crippen LogP contribution < -0.4 is 4.80 Å². The minimum absolute atomic E-state index is 0.0207. The number of thiazole rings is 1. The van der Waals surface area contributed by atoms with Crippen molar-refractivity contribution in [2.45, 2.75) is 20.4 Å². The summed E-state index contributed by atoms with van der Waals surface area (Å²) >= 11 is 1.26. The normalized spacial score (nSPS) is 12.0. The summed E-state index contributed by atoms with van der Waals surface area (Å²) in [7, 11) is 1.69. The highest BCUT2D eigenvalue weighted by Crippen LogP contribution is 2.23. The highest BCUT2D eigenvalue weighted by molar-refractivity contribution is 7.16. The fourth-order valence-corrected chi connectivity index (χ4v) is 3.69. The van der Waals surface area contributed by atoms with Gasteiger partial charge in [-0.3, -0.25) is 19.6 Å². The lowest BCUT2D eigenvalue weighted by molar-refractivity contribution is -0.384. The Balaban J connectivity index is 2.18. The van der Waals surface area contributed by atoms with Gasteiger partial charge in [0.05, 0.1) is 21.3 Å². The van der Waals surface area contributed by atoms with Crippen LogP contribution in [0.15, 0.2) is 29.4 Å². The minimum atomic E-state index is -0.434. The number of carbonyl (C=O) groups excluding carboxylic acids is 1. The first-order valence-electron chi connectivity index (χ1n) is 7.27. The zero-order valence-electron chi connectivity index (χ0n) is 13.4. The highest BCUT2D eigenvalue weighted by atomic mass is 32.1. The molecule has 24 heavy (non-hydrogen) atoms. The number of nitrogens with zero attached hydrogens (tertiary/aromatic N) is 5. The SMILES string of the molecule is CCn1c(=NC(=O)c2c(C)cnn2C)sc2cc([N+](=O)[O-])ccc21. The van der Waals surface area contributed by atoms with Gasteiger partial charge in [-0.25, -0.2) is 0 Å². The summed E-state index contributed by atoms with van der Waals surface area (Å²) in [4.78, 5) is 27.7. The Morgan fingerprint density at radius 2 is 2.21 bits per heavy atom. The number of amides is 1. The lowest BCUT2D eigenvalue weighted by atomic mass is 10.3. The van der Waals surface area contributed by atoms with Crippen LogP contribution in [0.3, 0.4) is 0 Å². The summed E-state index contributed by atoms with van der Waals surface area (Å²) in [6, 6.07) is 4.65. The van der Waals surface area contributed by atoms with Crippen molar-refractivity contribution >= 4 is 33.1 Å². The van der Waals surface area contributed by atoms with Crippen molar-refractivity contribution in [3.8, 4) is 0 Å². The molecule has 0 N–H and O–H groups in total. The number of aromatic nitrogens is 3. The number of hydrogen-bond acceptors (Lipinski definition) is 5. The lowest BCUT2D eigenvalue weighted by Crippen LogP contribution is -2.17. The van der Waals surface area contributed by atoms with Gasteiger partial charge < -0.3 is 4.57 Å². The van der Waals surface area contributed by atoms with E-state index in [-0.39, 0.29) is 11.6 Å². The number of nitro groups is 1. The minimum Gasteiger partial charge on any atom is -0.317 e. The number of carbonyl (C=O) groups is 1. The van der Waals surface area contributed by atoms with Gasteiger partial charge in [-0.1, -0.05) is 11.3 Å². The Morgan fingerprint density at radius 3 is 2.79 bits per heavy atom. The van der Waals surface area contributed by atoms with Crippen molar-refractivity contribution in [2.75, 3.05) is 0 Å². The molecule has 9 heteroatoms. The van der Waals surface area contributed by atoms with E-state index in [9.17, 15) is 14.9 Å². The quantitative estimate of drug-likeness (QED) is 0.538. The monoisotopic (exact) mass is 345 g/mol. The maximum absolute atomic E-state index is 12.5. The summed E-state index contributed by atoms with van der Waals surface area (Å²) in [6.07, 6.45) is 1.62. The van der Waals surface area contributed by atoms with Gasteiger partial charge in [-0.05, 0) is 19.9 Å². The molecule has 2 heterocycles. The molecule has 124 valence electrons. The molecule has 1 amide bonds. The van der Waals surface area contributed by atoms with Crippen LogP contribution >= 0.6 is 11.3 Å². The molecule has 0 spiro atoms. The molecule has 0 unspecified atom stereocenters. The molecule has 0 aliphatic rings. The van der Waals surface area contributed by atoms with Crippen LogP contribution in [-0.4, -0.2) is 25.2 Å². The molecular weight excluding hydrogens is 330 g/mol. The van der Waals surface area contributed by atoms with Gasteiger partial charge in [0.1, 0.15) is 5.69 Å². The molecule has 0 atom stereocenters. The van der Waals surface area contributed by atoms with Gasteiger partial charge in [0, 0.05) is 31.3 Å². The number of aryl methyl sites for hydroxylation is 3. The zero-order chi connectivity index (χ0) is 17.4. The fraction of sp³-hybridized carbons (Fsp3) is 0.267. The van der Waals surface area contributed by atoms with Crippen molar-refractivity contribution in [2.24, 2.45) is 12.0 Å². The number of nitro benzene ring substituents is 1. The molecule has 3 aromatic rings. The topological polar surface area (TPSA) is 95.3 Å². The Kier molecular flexibility index (Phi) is 4.02. The summed E-state index contributed by atoms with van der Waals surface area (Å²) < 4.78 is 4.09. The molecule has 0 aliphatic carbocycles. The second kappa shape index (κ2) is 6.00. The molecule has 3 rings (SSSR count). The van der Waals surface area contributed by atoms with Crippen LogP contribution in [0.1, 0.15) is 23.0 Å². The molecular formula is C15H15N5O3S. The van der Waals surface area contributed by atoms with Crippen LogP contribution in [0.2, 0.25) is 0 Å². The van der Waals surface area contributed by atoms with E-state index in [0.29, 0.717) is 17.0 Å². The van der Waals surface area contributed by atoms with Gasteiger partial charge in [0.2, 0.25) is 0 Å². The number of non-ortho nitro benzene ring substituents is 1. The van der Waals surface area contributed by atoms with E-state index < -0.39 is 4.92 Å². The average Bonchev–Trinajstić information content (AvgIpc) is 3.05. The first-order valence-corrected chi connectivity index (χ1v) is 8.09. The molecule has 1 aromatic carbocycles. The summed E-state index contributed by atoms with van der Waals surface area (Å²) in [6.45, 7) is 4.35. The van der Waals surface area contributed by atoms with Crippen LogP contribution in [0.5, 0.6) is 0 Å². The van der Waals surface area contributed by atoms with E-state index in [1.807, 2.05) is 11.5 Å². The maximum atomic E-state index is 12.5. The summed E-state index contributed by atoms with van der Waals surface area (Å²) in [5.41, 5.74) is 2.03. The van der Waals surface area contributed by atoms with Crippen LogP contribution in [0.4, 0.5) is 5.69 Å². The Hall–Kier alpha value is -2.81. The average molecular weight is 345 g/mol. The van der Waals surface area contributed by atoms with E-state index in [4.69, 9.17) is 0 Å².